The molecule has 1 aliphatic heterocycles. The minimum atomic E-state index is 0.598. The van der Waals surface area contributed by atoms with Crippen LogP contribution in [0.5, 0.6) is 0 Å². The average Bonchev–Trinajstić information content (AvgIpc) is 3.68. The lowest BCUT2D eigenvalue weighted by Crippen LogP contribution is -2.47. The van der Waals surface area contributed by atoms with Gasteiger partial charge in [-0.25, -0.2) is 9.97 Å². The summed E-state index contributed by atoms with van der Waals surface area (Å²) in [4.78, 5) is 18.9. The Kier molecular flexibility index (Phi) is 5.68. The summed E-state index contributed by atoms with van der Waals surface area (Å²) in [5.41, 5.74) is 7.75. The molecule has 0 radical (unpaired) electrons. The van der Waals surface area contributed by atoms with Crippen LogP contribution in [0.15, 0.2) is 24.5 Å². The standard InChI is InChI=1S/C22H32N8/c23-8-1-9-24-21-19(16-2-3-16)15-26-22(28-21)27-17-4-7-20(25-14-17)30-12-10-29(11-13-30)18-5-6-18/h4,7,14-16,18H,1-3,5-6,8-13,23H2,(H2,24,26,27,28). The molecule has 8 nitrogen and oxygen atoms in total. The third-order valence-electron chi connectivity index (χ3n) is 6.21. The largest absolute Gasteiger partial charge is 0.370 e. The molecule has 30 heavy (non-hydrogen) atoms. The lowest BCUT2D eigenvalue weighted by molar-refractivity contribution is 0.247. The van der Waals surface area contributed by atoms with Gasteiger partial charge in [0.25, 0.3) is 0 Å². The first kappa shape index (κ1) is 19.5. The highest BCUT2D eigenvalue weighted by atomic mass is 15.3. The maximum Gasteiger partial charge on any atom is 0.229 e. The van der Waals surface area contributed by atoms with E-state index in [0.29, 0.717) is 18.4 Å². The first-order valence-corrected chi connectivity index (χ1v) is 11.3. The third kappa shape index (κ3) is 4.65. The lowest BCUT2D eigenvalue weighted by Gasteiger charge is -2.35. The summed E-state index contributed by atoms with van der Waals surface area (Å²) < 4.78 is 0. The van der Waals surface area contributed by atoms with E-state index in [0.717, 1.165) is 62.5 Å². The molecule has 160 valence electrons. The van der Waals surface area contributed by atoms with Crippen molar-refractivity contribution in [2.24, 2.45) is 5.73 Å². The quantitative estimate of drug-likeness (QED) is 0.545. The highest BCUT2D eigenvalue weighted by Gasteiger charge is 2.31. The van der Waals surface area contributed by atoms with Gasteiger partial charge in [-0.05, 0) is 56.7 Å². The molecule has 0 bridgehead atoms. The zero-order chi connectivity index (χ0) is 20.3. The van der Waals surface area contributed by atoms with Crippen LogP contribution in [-0.4, -0.2) is 65.2 Å². The number of pyridine rings is 1. The number of hydrogen-bond acceptors (Lipinski definition) is 8. The molecule has 0 unspecified atom stereocenters. The van der Waals surface area contributed by atoms with Gasteiger partial charge < -0.3 is 21.3 Å². The Morgan fingerprint density at radius 2 is 1.83 bits per heavy atom. The van der Waals surface area contributed by atoms with Crippen molar-refractivity contribution >= 4 is 23.3 Å². The van der Waals surface area contributed by atoms with Crippen LogP contribution in [0.4, 0.5) is 23.3 Å². The van der Waals surface area contributed by atoms with E-state index >= 15 is 0 Å². The lowest BCUT2D eigenvalue weighted by atomic mass is 10.2. The van der Waals surface area contributed by atoms with E-state index in [1.165, 1.54) is 31.2 Å². The number of nitrogens with two attached hydrogens (primary N) is 1. The van der Waals surface area contributed by atoms with E-state index < -0.39 is 0 Å². The molecule has 3 heterocycles. The second kappa shape index (κ2) is 8.73. The van der Waals surface area contributed by atoms with Gasteiger partial charge in [0.1, 0.15) is 11.6 Å². The van der Waals surface area contributed by atoms with Crippen LogP contribution in [0.25, 0.3) is 0 Å². The fourth-order valence-electron chi connectivity index (χ4n) is 4.13. The van der Waals surface area contributed by atoms with Gasteiger partial charge in [-0.3, -0.25) is 4.90 Å². The number of piperazine rings is 1. The number of hydrogen-bond donors (Lipinski definition) is 3. The SMILES string of the molecule is NCCCNc1nc(Nc2ccc(N3CCN(C4CC4)CC3)nc2)ncc1C1CC1. The second-order valence-corrected chi connectivity index (χ2v) is 8.63. The van der Waals surface area contributed by atoms with Crippen LogP contribution in [0.3, 0.4) is 0 Å². The Hall–Kier alpha value is -2.45. The van der Waals surface area contributed by atoms with E-state index in [-0.39, 0.29) is 0 Å². The molecule has 0 amide bonds. The molecule has 2 saturated carbocycles. The van der Waals surface area contributed by atoms with Crippen molar-refractivity contribution in [2.45, 2.75) is 44.1 Å². The number of aromatic nitrogens is 3. The van der Waals surface area contributed by atoms with Gasteiger partial charge in [0.15, 0.2) is 0 Å². The Balaban J connectivity index is 1.21. The predicted molar refractivity (Wildman–Crippen MR) is 120 cm³/mol. The Morgan fingerprint density at radius 1 is 1.00 bits per heavy atom. The van der Waals surface area contributed by atoms with E-state index in [4.69, 9.17) is 10.7 Å². The zero-order valence-corrected chi connectivity index (χ0v) is 17.6. The van der Waals surface area contributed by atoms with Crippen molar-refractivity contribution < 1.29 is 0 Å². The number of rotatable bonds is 9. The Bertz CT molecular complexity index is 839. The molecule has 2 aromatic rings. The van der Waals surface area contributed by atoms with Gasteiger partial charge in [0.2, 0.25) is 5.95 Å². The first-order valence-electron chi connectivity index (χ1n) is 11.3. The number of anilines is 4. The maximum absolute atomic E-state index is 5.63. The van der Waals surface area contributed by atoms with Crippen LogP contribution in [-0.2, 0) is 0 Å². The Labute approximate surface area is 178 Å². The molecule has 3 fully saturated rings. The number of nitrogens with zero attached hydrogens (tertiary/aromatic N) is 5. The minimum absolute atomic E-state index is 0.598. The number of nitrogens with one attached hydrogen (secondary N) is 2. The normalized spacial score (nSPS) is 19.7. The molecule has 0 atom stereocenters. The molecular formula is C22H32N8. The van der Waals surface area contributed by atoms with Crippen LogP contribution in [0, 0.1) is 0 Å². The van der Waals surface area contributed by atoms with Gasteiger partial charge in [-0.15, -0.1) is 0 Å². The fraction of sp³-hybridized carbons (Fsp3) is 0.591. The molecule has 4 N–H and O–H groups in total. The van der Waals surface area contributed by atoms with Crippen molar-refractivity contribution in [3.05, 3.63) is 30.1 Å². The topological polar surface area (TPSA) is 95.2 Å². The van der Waals surface area contributed by atoms with Crippen molar-refractivity contribution in [1.82, 2.24) is 19.9 Å². The molecule has 2 aliphatic carbocycles. The van der Waals surface area contributed by atoms with E-state index in [9.17, 15) is 0 Å². The van der Waals surface area contributed by atoms with Gasteiger partial charge in [-0.1, -0.05) is 0 Å². The molecular weight excluding hydrogens is 376 g/mol. The summed E-state index contributed by atoms with van der Waals surface area (Å²) in [6.07, 6.45) is 9.97. The summed E-state index contributed by atoms with van der Waals surface area (Å²) in [7, 11) is 0. The first-order chi connectivity index (χ1) is 14.8. The molecule has 5 rings (SSSR count). The highest BCUT2D eigenvalue weighted by Crippen LogP contribution is 2.42. The van der Waals surface area contributed by atoms with Crippen LogP contribution in [0.2, 0.25) is 0 Å². The van der Waals surface area contributed by atoms with E-state index in [2.05, 4.69) is 42.5 Å². The summed E-state index contributed by atoms with van der Waals surface area (Å²) >= 11 is 0. The van der Waals surface area contributed by atoms with Crippen molar-refractivity contribution in [3.63, 3.8) is 0 Å². The molecule has 1 saturated heterocycles. The zero-order valence-electron chi connectivity index (χ0n) is 17.6. The van der Waals surface area contributed by atoms with Gasteiger partial charge in [0.05, 0.1) is 11.9 Å². The molecule has 0 spiro atoms. The average molecular weight is 409 g/mol. The summed E-state index contributed by atoms with van der Waals surface area (Å²) in [6.45, 7) is 5.91. The molecule has 8 heteroatoms. The predicted octanol–water partition coefficient (Wildman–Crippen LogP) is 2.54. The monoisotopic (exact) mass is 408 g/mol. The van der Waals surface area contributed by atoms with Crippen molar-refractivity contribution in [3.8, 4) is 0 Å². The van der Waals surface area contributed by atoms with E-state index in [1.807, 2.05) is 12.4 Å². The van der Waals surface area contributed by atoms with Crippen LogP contribution < -0.4 is 21.3 Å². The van der Waals surface area contributed by atoms with Gasteiger partial charge >= 0.3 is 0 Å². The summed E-state index contributed by atoms with van der Waals surface area (Å²) in [6, 6.07) is 5.01. The third-order valence-corrected chi connectivity index (χ3v) is 6.21. The fourth-order valence-corrected chi connectivity index (χ4v) is 4.13. The molecule has 3 aliphatic rings. The second-order valence-electron chi connectivity index (χ2n) is 8.63. The molecule has 0 aromatic carbocycles. The van der Waals surface area contributed by atoms with Crippen molar-refractivity contribution in [1.29, 1.82) is 0 Å². The Morgan fingerprint density at radius 3 is 2.50 bits per heavy atom. The summed E-state index contributed by atoms with van der Waals surface area (Å²) in [5.74, 6) is 3.18. The van der Waals surface area contributed by atoms with E-state index in [1.54, 1.807) is 0 Å². The smallest absolute Gasteiger partial charge is 0.229 e. The van der Waals surface area contributed by atoms with Gasteiger partial charge in [-0.2, -0.15) is 4.98 Å². The molecule has 2 aromatic heterocycles. The van der Waals surface area contributed by atoms with Crippen LogP contribution in [0.1, 0.15) is 43.6 Å². The highest BCUT2D eigenvalue weighted by molar-refractivity contribution is 5.58. The van der Waals surface area contributed by atoms with Crippen molar-refractivity contribution in [2.75, 3.05) is 54.8 Å². The van der Waals surface area contributed by atoms with Crippen LogP contribution >= 0.6 is 0 Å². The maximum atomic E-state index is 5.63. The minimum Gasteiger partial charge on any atom is -0.370 e. The van der Waals surface area contributed by atoms with Gasteiger partial charge in [0, 0.05) is 50.5 Å². The summed E-state index contributed by atoms with van der Waals surface area (Å²) in [5, 5.41) is 6.74.